The summed E-state index contributed by atoms with van der Waals surface area (Å²) in [5, 5.41) is 8.72. The molecule has 2 aromatic rings. The minimum absolute atomic E-state index is 0.182. The smallest absolute Gasteiger partial charge is 0.349 e. The molecular weight excluding hydrogens is 278 g/mol. The summed E-state index contributed by atoms with van der Waals surface area (Å²) in [6.45, 7) is 5.61. The van der Waals surface area contributed by atoms with E-state index in [0.29, 0.717) is 17.1 Å². The van der Waals surface area contributed by atoms with Crippen molar-refractivity contribution in [2.24, 2.45) is 0 Å². The van der Waals surface area contributed by atoms with Crippen LogP contribution in [0.4, 0.5) is 0 Å². The van der Waals surface area contributed by atoms with E-state index in [9.17, 15) is 4.79 Å². The van der Waals surface area contributed by atoms with E-state index >= 15 is 0 Å². The summed E-state index contributed by atoms with van der Waals surface area (Å²) in [4.78, 5) is 11.9. The number of benzene rings is 2. The third-order valence-electron chi connectivity index (χ3n) is 3.43. The van der Waals surface area contributed by atoms with E-state index in [1.165, 1.54) is 0 Å². The molecule has 0 radical (unpaired) electrons. The van der Waals surface area contributed by atoms with Gasteiger partial charge in [0.1, 0.15) is 11.5 Å². The van der Waals surface area contributed by atoms with Gasteiger partial charge in [-0.25, -0.2) is 4.79 Å². The first-order chi connectivity index (χ1) is 10.5. The van der Waals surface area contributed by atoms with Crippen LogP contribution in [-0.4, -0.2) is 12.6 Å². The highest BCUT2D eigenvalue weighted by Crippen LogP contribution is 2.25. The Balaban J connectivity index is 1.99. The van der Waals surface area contributed by atoms with E-state index in [0.717, 1.165) is 16.7 Å². The van der Waals surface area contributed by atoms with Crippen molar-refractivity contribution in [1.29, 1.82) is 5.26 Å². The summed E-state index contributed by atoms with van der Waals surface area (Å²) in [6, 6.07) is 12.5. The van der Waals surface area contributed by atoms with Gasteiger partial charge in [-0.1, -0.05) is 12.1 Å². The van der Waals surface area contributed by atoms with Crippen molar-refractivity contribution in [2.45, 2.75) is 20.8 Å². The van der Waals surface area contributed by atoms with Crippen LogP contribution in [0.15, 0.2) is 36.4 Å². The Morgan fingerprint density at radius 3 is 2.32 bits per heavy atom. The molecule has 0 N–H and O–H groups in total. The molecule has 0 bridgehead atoms. The number of carbonyl (C=O) groups is 1. The number of esters is 1. The molecular formula is C18H17NO3. The van der Waals surface area contributed by atoms with Crippen LogP contribution >= 0.6 is 0 Å². The summed E-state index contributed by atoms with van der Waals surface area (Å²) in [5.74, 6) is 0.656. The maximum absolute atomic E-state index is 11.9. The van der Waals surface area contributed by atoms with Gasteiger partial charge in [-0.2, -0.15) is 5.26 Å². The van der Waals surface area contributed by atoms with Gasteiger partial charge in [-0.05, 0) is 61.7 Å². The Hall–Kier alpha value is -2.80. The van der Waals surface area contributed by atoms with Gasteiger partial charge in [0.15, 0.2) is 6.61 Å². The second-order valence-corrected chi connectivity index (χ2v) is 5.05. The topological polar surface area (TPSA) is 59.3 Å². The Kier molecular flexibility index (Phi) is 4.80. The maximum atomic E-state index is 11.9. The minimum atomic E-state index is -0.457. The first-order valence-corrected chi connectivity index (χ1v) is 6.91. The van der Waals surface area contributed by atoms with Crippen molar-refractivity contribution in [3.8, 4) is 17.6 Å². The van der Waals surface area contributed by atoms with Crippen LogP contribution in [0.5, 0.6) is 11.5 Å². The number of nitriles is 1. The van der Waals surface area contributed by atoms with Crippen LogP contribution in [0, 0.1) is 32.1 Å². The highest BCUT2D eigenvalue weighted by atomic mass is 16.6. The third kappa shape index (κ3) is 3.64. The Labute approximate surface area is 129 Å². The van der Waals surface area contributed by atoms with Gasteiger partial charge >= 0.3 is 5.97 Å². The molecule has 0 saturated heterocycles. The molecule has 0 aliphatic carbocycles. The standard InChI is InChI=1S/C18H17NO3/c1-12-4-5-13(2)18(14(12)3)22-17(20)11-21-16-8-6-15(10-19)7-9-16/h4-9H,11H2,1-3H3. The Morgan fingerprint density at radius 2 is 1.68 bits per heavy atom. The molecule has 0 saturated carbocycles. The second kappa shape index (κ2) is 6.77. The summed E-state index contributed by atoms with van der Waals surface area (Å²) in [7, 11) is 0. The van der Waals surface area contributed by atoms with Gasteiger partial charge in [0.2, 0.25) is 0 Å². The highest BCUT2D eigenvalue weighted by molar-refractivity contribution is 5.75. The lowest BCUT2D eigenvalue weighted by Crippen LogP contribution is -2.18. The average Bonchev–Trinajstić information content (AvgIpc) is 2.53. The van der Waals surface area contributed by atoms with E-state index in [-0.39, 0.29) is 6.61 Å². The zero-order valence-electron chi connectivity index (χ0n) is 12.8. The van der Waals surface area contributed by atoms with Gasteiger partial charge in [-0.3, -0.25) is 0 Å². The molecule has 0 aromatic heterocycles. The fourth-order valence-electron chi connectivity index (χ4n) is 1.99. The van der Waals surface area contributed by atoms with Crippen LogP contribution in [0.1, 0.15) is 22.3 Å². The fraction of sp³-hybridized carbons (Fsp3) is 0.222. The lowest BCUT2D eigenvalue weighted by atomic mass is 10.1. The third-order valence-corrected chi connectivity index (χ3v) is 3.43. The normalized spacial score (nSPS) is 9.91. The molecule has 22 heavy (non-hydrogen) atoms. The monoisotopic (exact) mass is 295 g/mol. The second-order valence-electron chi connectivity index (χ2n) is 5.05. The van der Waals surface area contributed by atoms with Crippen molar-refractivity contribution in [2.75, 3.05) is 6.61 Å². The van der Waals surface area contributed by atoms with Crippen LogP contribution in [-0.2, 0) is 4.79 Å². The summed E-state index contributed by atoms with van der Waals surface area (Å²) in [6.07, 6.45) is 0. The van der Waals surface area contributed by atoms with Crippen molar-refractivity contribution in [1.82, 2.24) is 0 Å². The fourth-order valence-corrected chi connectivity index (χ4v) is 1.99. The molecule has 4 heteroatoms. The van der Waals surface area contributed by atoms with E-state index in [1.807, 2.05) is 39.0 Å². The first-order valence-electron chi connectivity index (χ1n) is 6.91. The van der Waals surface area contributed by atoms with E-state index < -0.39 is 5.97 Å². The number of aryl methyl sites for hydroxylation is 2. The van der Waals surface area contributed by atoms with Crippen LogP contribution in [0.3, 0.4) is 0 Å². The molecule has 0 atom stereocenters. The molecule has 0 fully saturated rings. The molecule has 4 nitrogen and oxygen atoms in total. The highest BCUT2D eigenvalue weighted by Gasteiger charge is 2.12. The average molecular weight is 295 g/mol. The van der Waals surface area contributed by atoms with E-state index in [2.05, 4.69) is 0 Å². The lowest BCUT2D eigenvalue weighted by Gasteiger charge is -2.12. The van der Waals surface area contributed by atoms with Gasteiger partial charge in [0.05, 0.1) is 11.6 Å². The quantitative estimate of drug-likeness (QED) is 0.640. The van der Waals surface area contributed by atoms with Crippen molar-refractivity contribution in [3.63, 3.8) is 0 Å². The molecule has 2 aromatic carbocycles. The molecule has 0 unspecified atom stereocenters. The Morgan fingerprint density at radius 1 is 1.05 bits per heavy atom. The van der Waals surface area contributed by atoms with E-state index in [1.54, 1.807) is 24.3 Å². The number of carbonyl (C=O) groups excluding carboxylic acids is 1. The molecule has 112 valence electrons. The predicted molar refractivity (Wildman–Crippen MR) is 82.9 cm³/mol. The summed E-state index contributed by atoms with van der Waals surface area (Å²) >= 11 is 0. The maximum Gasteiger partial charge on any atom is 0.349 e. The zero-order valence-corrected chi connectivity index (χ0v) is 12.8. The largest absolute Gasteiger partial charge is 0.482 e. The predicted octanol–water partition coefficient (Wildman–Crippen LogP) is 3.47. The number of hydrogen-bond donors (Lipinski definition) is 0. The van der Waals surface area contributed by atoms with Crippen molar-refractivity contribution in [3.05, 3.63) is 58.7 Å². The van der Waals surface area contributed by atoms with Crippen LogP contribution in [0.2, 0.25) is 0 Å². The Bertz CT molecular complexity index is 727. The zero-order chi connectivity index (χ0) is 16.1. The van der Waals surface area contributed by atoms with E-state index in [4.69, 9.17) is 14.7 Å². The van der Waals surface area contributed by atoms with Gasteiger partial charge in [0, 0.05) is 0 Å². The van der Waals surface area contributed by atoms with Crippen molar-refractivity contribution < 1.29 is 14.3 Å². The van der Waals surface area contributed by atoms with Crippen LogP contribution in [0.25, 0.3) is 0 Å². The molecule has 0 heterocycles. The molecule has 0 spiro atoms. The molecule has 0 aliphatic rings. The SMILES string of the molecule is Cc1ccc(C)c(OC(=O)COc2ccc(C#N)cc2)c1C. The van der Waals surface area contributed by atoms with Crippen LogP contribution < -0.4 is 9.47 Å². The number of nitrogens with zero attached hydrogens (tertiary/aromatic N) is 1. The minimum Gasteiger partial charge on any atom is -0.482 e. The molecule has 0 amide bonds. The van der Waals surface area contributed by atoms with Gasteiger partial charge < -0.3 is 9.47 Å². The van der Waals surface area contributed by atoms with Gasteiger partial charge in [0.25, 0.3) is 0 Å². The lowest BCUT2D eigenvalue weighted by molar-refractivity contribution is -0.136. The number of hydrogen-bond acceptors (Lipinski definition) is 4. The molecule has 2 rings (SSSR count). The number of rotatable bonds is 4. The first kappa shape index (κ1) is 15.6. The van der Waals surface area contributed by atoms with Crippen molar-refractivity contribution >= 4 is 5.97 Å². The van der Waals surface area contributed by atoms with Gasteiger partial charge in [-0.15, -0.1) is 0 Å². The number of ether oxygens (including phenoxy) is 2. The summed E-state index contributed by atoms with van der Waals surface area (Å²) in [5.41, 5.74) is 3.48. The molecule has 0 aliphatic heterocycles. The summed E-state index contributed by atoms with van der Waals surface area (Å²) < 4.78 is 10.8.